The lowest BCUT2D eigenvalue weighted by Crippen LogP contribution is -1.87. The molecule has 0 bridgehead atoms. The first-order chi connectivity index (χ1) is 10.5. The van der Waals surface area contributed by atoms with Crippen molar-refractivity contribution in [3.63, 3.8) is 0 Å². The van der Waals surface area contributed by atoms with Crippen LogP contribution in [0.15, 0.2) is 46.6 Å². The molecule has 2 heteroatoms. The highest BCUT2D eigenvalue weighted by atomic mass is 16.2. The Hall–Kier alpha value is -1.41. The van der Waals surface area contributed by atoms with E-state index >= 15 is 0 Å². The molecule has 0 heterocycles. The minimum Gasteiger partial charge on any atom is -0.392 e. The van der Waals surface area contributed by atoms with Crippen molar-refractivity contribution < 1.29 is 9.90 Å². The first kappa shape index (κ1) is 20.6. The molecule has 1 N–H and O–H groups in total. The third-order valence-electron chi connectivity index (χ3n) is 3.55. The Balaban J connectivity index is 4.15. The Morgan fingerprint density at radius 1 is 0.773 bits per heavy atom. The summed E-state index contributed by atoms with van der Waals surface area (Å²) in [5.41, 5.74) is 4.80. The van der Waals surface area contributed by atoms with Crippen LogP contribution in [0.2, 0.25) is 0 Å². The zero-order chi connectivity index (χ0) is 16.8. The quantitative estimate of drug-likeness (QED) is 0.319. The molecule has 0 aromatic carbocycles. The summed E-state index contributed by atoms with van der Waals surface area (Å²) in [6, 6.07) is 0. The topological polar surface area (TPSA) is 37.3 Å². The molecule has 0 aliphatic carbocycles. The molecule has 0 unspecified atom stereocenters. The van der Waals surface area contributed by atoms with Crippen LogP contribution in [-0.2, 0) is 4.79 Å². The fourth-order valence-electron chi connectivity index (χ4n) is 2.13. The molecule has 0 radical (unpaired) electrons. The summed E-state index contributed by atoms with van der Waals surface area (Å²) in [7, 11) is 0. The van der Waals surface area contributed by atoms with Gasteiger partial charge in [0.1, 0.15) is 6.29 Å². The van der Waals surface area contributed by atoms with Crippen molar-refractivity contribution in [2.75, 3.05) is 6.61 Å². The van der Waals surface area contributed by atoms with Gasteiger partial charge >= 0.3 is 0 Å². The lowest BCUT2D eigenvalue weighted by Gasteiger charge is -2.01. The smallest absolute Gasteiger partial charge is 0.145 e. The lowest BCUT2D eigenvalue weighted by atomic mass is 10.0. The van der Waals surface area contributed by atoms with Crippen LogP contribution < -0.4 is 0 Å². The summed E-state index contributed by atoms with van der Waals surface area (Å²) >= 11 is 0. The van der Waals surface area contributed by atoms with Crippen LogP contribution in [0.25, 0.3) is 0 Å². The van der Waals surface area contributed by atoms with Crippen molar-refractivity contribution >= 4 is 6.29 Å². The van der Waals surface area contributed by atoms with Gasteiger partial charge in [0, 0.05) is 0 Å². The van der Waals surface area contributed by atoms with E-state index < -0.39 is 0 Å². The van der Waals surface area contributed by atoms with E-state index in [4.69, 9.17) is 5.11 Å². The average molecular weight is 304 g/mol. The molecule has 0 rings (SSSR count). The van der Waals surface area contributed by atoms with Gasteiger partial charge in [-0.1, -0.05) is 41.0 Å². The van der Waals surface area contributed by atoms with Gasteiger partial charge < -0.3 is 5.11 Å². The highest BCUT2D eigenvalue weighted by Crippen LogP contribution is 2.12. The van der Waals surface area contributed by atoms with E-state index in [1.54, 1.807) is 0 Å². The molecule has 2 nitrogen and oxygen atoms in total. The summed E-state index contributed by atoms with van der Waals surface area (Å²) in [6.07, 6.45) is 15.0. The average Bonchev–Trinajstić information content (AvgIpc) is 2.45. The highest BCUT2D eigenvalue weighted by Gasteiger charge is 1.96. The predicted octanol–water partition coefficient (Wildman–Crippen LogP) is 5.30. The molecule has 0 aliphatic rings. The summed E-state index contributed by atoms with van der Waals surface area (Å²) in [5.74, 6) is 0. The maximum absolute atomic E-state index is 11.1. The van der Waals surface area contributed by atoms with Crippen molar-refractivity contribution in [3.8, 4) is 0 Å². The number of allylic oxidation sites excluding steroid dienone is 7. The second-order valence-electron chi connectivity index (χ2n) is 6.08. The molecule has 0 saturated carbocycles. The van der Waals surface area contributed by atoms with Crippen LogP contribution in [-0.4, -0.2) is 18.0 Å². The minimum absolute atomic E-state index is 0.0902. The number of rotatable bonds is 11. The molecule has 0 spiro atoms. The summed E-state index contributed by atoms with van der Waals surface area (Å²) < 4.78 is 0. The number of hydrogen-bond donors (Lipinski definition) is 1. The zero-order valence-electron chi connectivity index (χ0n) is 14.7. The number of aliphatic hydroxyl groups is 1. The van der Waals surface area contributed by atoms with E-state index in [0.717, 1.165) is 50.4 Å². The van der Waals surface area contributed by atoms with Crippen LogP contribution >= 0.6 is 0 Å². The number of carbonyl (C=O) groups is 1. The Kier molecular flexibility index (Phi) is 12.4. The maximum Gasteiger partial charge on any atom is 0.145 e. The Bertz CT molecular complexity index is 433. The first-order valence-corrected chi connectivity index (χ1v) is 8.19. The third kappa shape index (κ3) is 12.3. The lowest BCUT2D eigenvalue weighted by molar-refractivity contribution is -0.105. The molecule has 0 aliphatic heterocycles. The molecule has 22 heavy (non-hydrogen) atoms. The van der Waals surface area contributed by atoms with Gasteiger partial charge in [0.2, 0.25) is 0 Å². The van der Waals surface area contributed by atoms with Crippen LogP contribution in [0.5, 0.6) is 0 Å². The summed E-state index contributed by atoms with van der Waals surface area (Å²) in [5, 5.41) is 8.79. The molecule has 0 atom stereocenters. The molecular formula is C20H32O2. The number of hydrogen-bond acceptors (Lipinski definition) is 2. The molecular weight excluding hydrogens is 272 g/mol. The summed E-state index contributed by atoms with van der Waals surface area (Å²) in [4.78, 5) is 11.1. The zero-order valence-corrected chi connectivity index (χ0v) is 14.7. The Labute approximate surface area is 136 Å². The Morgan fingerprint density at radius 3 is 1.86 bits per heavy atom. The maximum atomic E-state index is 11.1. The molecule has 0 aromatic heterocycles. The first-order valence-electron chi connectivity index (χ1n) is 8.19. The largest absolute Gasteiger partial charge is 0.392 e. The van der Waals surface area contributed by atoms with Gasteiger partial charge in [-0.2, -0.15) is 0 Å². The van der Waals surface area contributed by atoms with E-state index in [2.05, 4.69) is 32.9 Å². The van der Waals surface area contributed by atoms with Gasteiger partial charge in [0.25, 0.3) is 0 Å². The SMILES string of the molecule is CC(C)=CCC/C(C)=C/CC/C(C=O)=C/CC/C(C)=C/CO. The van der Waals surface area contributed by atoms with Crippen LogP contribution in [0, 0.1) is 0 Å². The van der Waals surface area contributed by atoms with Gasteiger partial charge in [-0.25, -0.2) is 0 Å². The van der Waals surface area contributed by atoms with Gasteiger partial charge in [-0.05, 0) is 71.8 Å². The number of aliphatic hydroxyl groups excluding tert-OH is 1. The van der Waals surface area contributed by atoms with E-state index in [1.165, 1.54) is 16.7 Å². The monoisotopic (exact) mass is 304 g/mol. The van der Waals surface area contributed by atoms with Crippen molar-refractivity contribution in [1.29, 1.82) is 0 Å². The van der Waals surface area contributed by atoms with E-state index in [1.807, 2.05) is 19.1 Å². The summed E-state index contributed by atoms with van der Waals surface area (Å²) in [6.45, 7) is 8.50. The van der Waals surface area contributed by atoms with Gasteiger partial charge in [0.05, 0.1) is 6.61 Å². The van der Waals surface area contributed by atoms with E-state index in [0.29, 0.717) is 0 Å². The fourth-order valence-corrected chi connectivity index (χ4v) is 2.13. The molecule has 124 valence electrons. The third-order valence-corrected chi connectivity index (χ3v) is 3.55. The fraction of sp³-hybridized carbons (Fsp3) is 0.550. The van der Waals surface area contributed by atoms with E-state index in [9.17, 15) is 4.79 Å². The molecule has 0 amide bonds. The van der Waals surface area contributed by atoms with Gasteiger partial charge in [0.15, 0.2) is 0 Å². The van der Waals surface area contributed by atoms with Crippen molar-refractivity contribution in [2.24, 2.45) is 0 Å². The highest BCUT2D eigenvalue weighted by molar-refractivity contribution is 5.73. The molecule has 0 saturated heterocycles. The standard InChI is InChI=1S/C20H32O2/c1-17(2)8-5-9-18(3)10-6-12-20(16-22)13-7-11-19(4)14-15-21/h8,10,13-14,16,21H,5-7,9,11-12,15H2,1-4H3/b18-10+,19-14+,20-13-. The van der Waals surface area contributed by atoms with Gasteiger partial charge in [-0.3, -0.25) is 4.79 Å². The van der Waals surface area contributed by atoms with Crippen molar-refractivity contribution in [2.45, 2.75) is 66.2 Å². The Morgan fingerprint density at radius 2 is 1.32 bits per heavy atom. The minimum atomic E-state index is 0.0902. The van der Waals surface area contributed by atoms with Crippen LogP contribution in [0.1, 0.15) is 66.2 Å². The second-order valence-corrected chi connectivity index (χ2v) is 6.08. The molecule has 0 aromatic rings. The normalized spacial score (nSPS) is 13.2. The van der Waals surface area contributed by atoms with Crippen LogP contribution in [0.4, 0.5) is 0 Å². The van der Waals surface area contributed by atoms with Crippen molar-refractivity contribution in [3.05, 3.63) is 46.6 Å². The van der Waals surface area contributed by atoms with Gasteiger partial charge in [-0.15, -0.1) is 0 Å². The van der Waals surface area contributed by atoms with E-state index in [-0.39, 0.29) is 6.61 Å². The van der Waals surface area contributed by atoms with Crippen LogP contribution in [0.3, 0.4) is 0 Å². The predicted molar refractivity (Wildman–Crippen MR) is 95.9 cm³/mol. The second kappa shape index (κ2) is 13.3. The number of carbonyl (C=O) groups excluding carboxylic acids is 1. The molecule has 0 fully saturated rings. The van der Waals surface area contributed by atoms with Crippen molar-refractivity contribution in [1.82, 2.24) is 0 Å². The number of aldehydes is 1.